The summed E-state index contributed by atoms with van der Waals surface area (Å²) in [5, 5.41) is 9.52. The molecule has 0 bridgehead atoms. The zero-order valence-corrected chi connectivity index (χ0v) is 13.6. The van der Waals surface area contributed by atoms with Gasteiger partial charge in [-0.05, 0) is 36.8 Å². The third kappa shape index (κ3) is 2.05. The van der Waals surface area contributed by atoms with Crippen molar-refractivity contribution in [1.29, 1.82) is 0 Å². The molecule has 6 nitrogen and oxygen atoms in total. The summed E-state index contributed by atoms with van der Waals surface area (Å²) < 4.78 is 0. The maximum Gasteiger partial charge on any atom is 0.226 e. The van der Waals surface area contributed by atoms with E-state index in [2.05, 4.69) is 20.9 Å². The number of nitrogens with zero attached hydrogens (tertiary/aromatic N) is 3. The van der Waals surface area contributed by atoms with Gasteiger partial charge in [0.05, 0.1) is 23.6 Å². The van der Waals surface area contributed by atoms with E-state index in [9.17, 15) is 9.90 Å². The average Bonchev–Trinajstić information content (AvgIpc) is 3.11. The molecule has 3 aliphatic rings. The second kappa shape index (κ2) is 4.96. The van der Waals surface area contributed by atoms with Gasteiger partial charge in [-0.25, -0.2) is 4.98 Å². The maximum absolute atomic E-state index is 12.7. The number of anilines is 1. The van der Waals surface area contributed by atoms with Crippen molar-refractivity contribution in [3.8, 4) is 0 Å². The zero-order valence-electron chi connectivity index (χ0n) is 13.6. The summed E-state index contributed by atoms with van der Waals surface area (Å²) in [6.07, 6.45) is 4.19. The quantitative estimate of drug-likeness (QED) is 0.874. The minimum absolute atomic E-state index is 0.161. The van der Waals surface area contributed by atoms with Gasteiger partial charge in [0.15, 0.2) is 0 Å². The van der Waals surface area contributed by atoms with Gasteiger partial charge in [0.2, 0.25) is 5.91 Å². The lowest BCUT2D eigenvalue weighted by molar-refractivity contribution is -0.135. The molecule has 1 aliphatic heterocycles. The molecule has 2 saturated carbocycles. The van der Waals surface area contributed by atoms with Gasteiger partial charge in [0.25, 0.3) is 0 Å². The summed E-state index contributed by atoms with van der Waals surface area (Å²) in [6, 6.07) is 6.18. The van der Waals surface area contributed by atoms with Crippen LogP contribution in [0.3, 0.4) is 0 Å². The number of aromatic amines is 1. The molecule has 24 heavy (non-hydrogen) atoms. The number of fused-ring (bicyclic) bond motifs is 1. The molecule has 2 heterocycles. The summed E-state index contributed by atoms with van der Waals surface area (Å²) >= 11 is 0. The van der Waals surface area contributed by atoms with Crippen LogP contribution in [-0.2, 0) is 4.79 Å². The average molecular weight is 326 g/mol. The van der Waals surface area contributed by atoms with E-state index in [0.29, 0.717) is 5.91 Å². The Kier molecular flexibility index (Phi) is 2.95. The van der Waals surface area contributed by atoms with Gasteiger partial charge in [0.1, 0.15) is 5.52 Å². The summed E-state index contributed by atoms with van der Waals surface area (Å²) in [4.78, 5) is 24.6. The highest BCUT2D eigenvalue weighted by Gasteiger charge is 2.64. The third-order valence-electron chi connectivity index (χ3n) is 6.13. The predicted octanol–water partition coefficient (Wildman–Crippen LogP) is 1.37. The minimum Gasteiger partial charge on any atom is -0.393 e. The summed E-state index contributed by atoms with van der Waals surface area (Å²) in [5.74, 6) is 0.474. The molecule has 1 aromatic carbocycles. The summed E-state index contributed by atoms with van der Waals surface area (Å²) in [5.41, 5.74) is 3.36. The number of hydrogen-bond acceptors (Lipinski definition) is 4. The first-order valence-electron chi connectivity index (χ1n) is 8.80. The van der Waals surface area contributed by atoms with Crippen LogP contribution < -0.4 is 4.90 Å². The van der Waals surface area contributed by atoms with E-state index in [-0.39, 0.29) is 17.4 Å². The number of benzene rings is 1. The summed E-state index contributed by atoms with van der Waals surface area (Å²) in [6.45, 7) is 3.24. The van der Waals surface area contributed by atoms with Crippen molar-refractivity contribution in [3.63, 3.8) is 0 Å². The molecule has 2 N–H and O–H groups in total. The topological polar surface area (TPSA) is 72.5 Å². The monoisotopic (exact) mass is 326 g/mol. The fourth-order valence-corrected chi connectivity index (χ4v) is 4.62. The normalized spacial score (nSPS) is 32.2. The molecule has 1 spiro atoms. The first-order chi connectivity index (χ1) is 11.7. The van der Waals surface area contributed by atoms with E-state index in [1.54, 1.807) is 6.33 Å². The standard InChI is InChI=1S/C18H22N4O2/c23-12-8-18(9-12)10-13(18)17(24)22-6-4-21(5-7-22)15-3-1-2-14-16(15)20-11-19-14/h1-3,11-13,23H,4-10H2,(H,19,20). The summed E-state index contributed by atoms with van der Waals surface area (Å²) in [7, 11) is 0. The second-order valence-electron chi connectivity index (χ2n) is 7.57. The number of H-pyrrole nitrogens is 1. The van der Waals surface area contributed by atoms with Gasteiger partial charge in [-0.15, -0.1) is 0 Å². The zero-order chi connectivity index (χ0) is 16.3. The molecule has 1 atom stereocenters. The van der Waals surface area contributed by atoms with Crippen LogP contribution in [-0.4, -0.2) is 58.2 Å². The van der Waals surface area contributed by atoms with Crippen LogP contribution in [0.15, 0.2) is 24.5 Å². The number of imidazole rings is 1. The van der Waals surface area contributed by atoms with Crippen LogP contribution in [0.2, 0.25) is 0 Å². The van der Waals surface area contributed by atoms with Crippen LogP contribution in [0.5, 0.6) is 0 Å². The van der Waals surface area contributed by atoms with E-state index in [1.165, 1.54) is 0 Å². The van der Waals surface area contributed by atoms with E-state index >= 15 is 0 Å². The Hall–Kier alpha value is -2.08. The van der Waals surface area contributed by atoms with Gasteiger partial charge in [-0.3, -0.25) is 4.79 Å². The highest BCUT2D eigenvalue weighted by Crippen LogP contribution is 2.65. The van der Waals surface area contributed by atoms with Crippen molar-refractivity contribution in [2.75, 3.05) is 31.1 Å². The SMILES string of the molecule is O=C(C1CC12CC(O)C2)N1CCN(c2cccc3[nH]cnc23)CC1. The van der Waals surface area contributed by atoms with Gasteiger partial charge >= 0.3 is 0 Å². The Labute approximate surface area is 140 Å². The fourth-order valence-electron chi connectivity index (χ4n) is 4.62. The molecule has 1 unspecified atom stereocenters. The van der Waals surface area contributed by atoms with Crippen molar-refractivity contribution in [2.45, 2.75) is 25.4 Å². The molecule has 5 rings (SSSR count). The van der Waals surface area contributed by atoms with Crippen LogP contribution in [0.4, 0.5) is 5.69 Å². The number of piperazine rings is 1. The smallest absolute Gasteiger partial charge is 0.226 e. The lowest BCUT2D eigenvalue weighted by atomic mass is 9.77. The molecule has 2 aliphatic carbocycles. The number of hydrogen-bond donors (Lipinski definition) is 2. The van der Waals surface area contributed by atoms with Gasteiger partial charge in [0, 0.05) is 32.1 Å². The van der Waals surface area contributed by atoms with Gasteiger partial charge < -0.3 is 19.9 Å². The first-order valence-corrected chi connectivity index (χ1v) is 8.80. The Bertz CT molecular complexity index is 787. The number of carbonyl (C=O) groups is 1. The van der Waals surface area contributed by atoms with E-state index in [1.807, 2.05) is 17.0 Å². The van der Waals surface area contributed by atoms with Gasteiger partial charge in [-0.2, -0.15) is 0 Å². The number of rotatable bonds is 2. The number of amides is 1. The van der Waals surface area contributed by atoms with Crippen molar-refractivity contribution in [2.24, 2.45) is 11.3 Å². The number of para-hydroxylation sites is 1. The molecule has 0 radical (unpaired) electrons. The Morgan fingerprint density at radius 2 is 2.00 bits per heavy atom. The lowest BCUT2D eigenvalue weighted by Gasteiger charge is -2.38. The van der Waals surface area contributed by atoms with Gasteiger partial charge in [-0.1, -0.05) is 6.07 Å². The molecule has 1 amide bonds. The van der Waals surface area contributed by atoms with Crippen LogP contribution in [0.25, 0.3) is 11.0 Å². The molecule has 6 heteroatoms. The second-order valence-corrected chi connectivity index (χ2v) is 7.57. The Morgan fingerprint density at radius 3 is 2.75 bits per heavy atom. The van der Waals surface area contributed by atoms with E-state index in [0.717, 1.165) is 62.2 Å². The maximum atomic E-state index is 12.7. The molecule has 126 valence electrons. The number of nitrogens with one attached hydrogen (secondary N) is 1. The lowest BCUT2D eigenvalue weighted by Crippen LogP contribution is -2.50. The molecular weight excluding hydrogens is 304 g/mol. The molecule has 3 fully saturated rings. The highest BCUT2D eigenvalue weighted by molar-refractivity contribution is 5.89. The third-order valence-corrected chi connectivity index (χ3v) is 6.13. The highest BCUT2D eigenvalue weighted by atomic mass is 16.3. The van der Waals surface area contributed by atoms with Crippen molar-refractivity contribution >= 4 is 22.6 Å². The van der Waals surface area contributed by atoms with Crippen molar-refractivity contribution in [1.82, 2.24) is 14.9 Å². The number of aliphatic hydroxyl groups excluding tert-OH is 1. The molecule has 2 aromatic rings. The number of aliphatic hydroxyl groups is 1. The first kappa shape index (κ1) is 14.3. The van der Waals surface area contributed by atoms with Crippen molar-refractivity contribution in [3.05, 3.63) is 24.5 Å². The largest absolute Gasteiger partial charge is 0.393 e. The molecule has 1 saturated heterocycles. The Morgan fingerprint density at radius 1 is 1.21 bits per heavy atom. The van der Waals surface area contributed by atoms with E-state index < -0.39 is 0 Å². The minimum atomic E-state index is -0.172. The van der Waals surface area contributed by atoms with Crippen LogP contribution >= 0.6 is 0 Å². The van der Waals surface area contributed by atoms with E-state index in [4.69, 9.17) is 0 Å². The molecule has 1 aromatic heterocycles. The van der Waals surface area contributed by atoms with Crippen molar-refractivity contribution < 1.29 is 9.90 Å². The van der Waals surface area contributed by atoms with Crippen LogP contribution in [0, 0.1) is 11.3 Å². The molecular formula is C18H22N4O2. The number of aromatic nitrogens is 2. The number of carbonyl (C=O) groups excluding carboxylic acids is 1. The Balaban J connectivity index is 1.25. The van der Waals surface area contributed by atoms with Crippen LogP contribution in [0.1, 0.15) is 19.3 Å². The fraction of sp³-hybridized carbons (Fsp3) is 0.556. The predicted molar refractivity (Wildman–Crippen MR) is 90.7 cm³/mol.